The van der Waals surface area contributed by atoms with Crippen molar-refractivity contribution in [3.05, 3.63) is 30.3 Å². The summed E-state index contributed by atoms with van der Waals surface area (Å²) >= 11 is 0. The Kier molecular flexibility index (Phi) is 18.3. The summed E-state index contributed by atoms with van der Waals surface area (Å²) in [5.41, 5.74) is 0. The van der Waals surface area contributed by atoms with Crippen molar-refractivity contribution >= 4 is 7.94 Å². The summed E-state index contributed by atoms with van der Waals surface area (Å²) in [5, 5.41) is 0. The van der Waals surface area contributed by atoms with Gasteiger partial charge in [0.25, 0.3) is 0 Å². The Bertz CT molecular complexity index is 497. The molecule has 0 fully saturated rings. The molecule has 1 aromatic rings. The van der Waals surface area contributed by atoms with Gasteiger partial charge >= 0.3 is 194 Å². The van der Waals surface area contributed by atoms with Crippen LogP contribution in [0.1, 0.15) is 117 Å². The van der Waals surface area contributed by atoms with E-state index in [1.807, 2.05) is 30.3 Å². The standard InChI is InChI=1S/C27H51O3P/c1-4-6-8-10-12-14-16-21-25-29-31(28-3,30-27-23-19-18-20-24-27)26-22-17-15-13-11-9-7-5-2/h18-20,23-24,31H,4-17,21-22,25-26H2,1-3H3. The molecule has 0 aliphatic carbocycles. The number of para-hydroxylation sites is 1. The molecule has 182 valence electrons. The molecule has 0 radical (unpaired) electrons. The normalized spacial score (nSPS) is 12.2. The van der Waals surface area contributed by atoms with E-state index in [-0.39, 0.29) is 0 Å². The second-order valence-corrected chi connectivity index (χ2v) is 11.6. The Morgan fingerprint density at radius 3 is 1.61 bits per heavy atom. The molecule has 31 heavy (non-hydrogen) atoms. The van der Waals surface area contributed by atoms with Crippen LogP contribution >= 0.6 is 7.94 Å². The van der Waals surface area contributed by atoms with Crippen molar-refractivity contribution in [2.75, 3.05) is 19.9 Å². The van der Waals surface area contributed by atoms with Gasteiger partial charge in [-0.15, -0.1) is 0 Å². The fourth-order valence-corrected chi connectivity index (χ4v) is 6.31. The van der Waals surface area contributed by atoms with Gasteiger partial charge in [-0.3, -0.25) is 0 Å². The van der Waals surface area contributed by atoms with E-state index in [1.54, 1.807) is 7.11 Å². The van der Waals surface area contributed by atoms with E-state index in [9.17, 15) is 0 Å². The summed E-state index contributed by atoms with van der Waals surface area (Å²) in [6, 6.07) is 10.1. The molecule has 1 rings (SSSR count). The average molecular weight is 455 g/mol. The van der Waals surface area contributed by atoms with Crippen LogP contribution < -0.4 is 4.52 Å². The van der Waals surface area contributed by atoms with E-state index >= 15 is 0 Å². The predicted molar refractivity (Wildman–Crippen MR) is 138 cm³/mol. The Morgan fingerprint density at radius 2 is 1.10 bits per heavy atom. The van der Waals surface area contributed by atoms with Crippen LogP contribution in [0.4, 0.5) is 0 Å². The van der Waals surface area contributed by atoms with Gasteiger partial charge in [-0.25, -0.2) is 0 Å². The van der Waals surface area contributed by atoms with Crippen LogP contribution in [-0.2, 0) is 9.05 Å². The average Bonchev–Trinajstić information content (AvgIpc) is 2.80. The second kappa shape index (κ2) is 20.0. The van der Waals surface area contributed by atoms with Gasteiger partial charge in [0, 0.05) is 0 Å². The third kappa shape index (κ3) is 14.9. The molecule has 0 spiro atoms. The van der Waals surface area contributed by atoms with Gasteiger partial charge in [-0.1, -0.05) is 0 Å². The first-order valence-electron chi connectivity index (χ1n) is 13.2. The van der Waals surface area contributed by atoms with Crippen molar-refractivity contribution < 1.29 is 13.6 Å². The third-order valence-corrected chi connectivity index (χ3v) is 8.76. The zero-order chi connectivity index (χ0) is 22.5. The van der Waals surface area contributed by atoms with Crippen molar-refractivity contribution in [2.45, 2.75) is 117 Å². The molecule has 3 nitrogen and oxygen atoms in total. The topological polar surface area (TPSA) is 27.7 Å². The Morgan fingerprint density at radius 1 is 0.613 bits per heavy atom. The van der Waals surface area contributed by atoms with Crippen molar-refractivity contribution in [3.63, 3.8) is 0 Å². The maximum absolute atomic E-state index is 6.38. The molecule has 0 aliphatic heterocycles. The number of hydrogen-bond acceptors (Lipinski definition) is 3. The fraction of sp³-hybridized carbons (Fsp3) is 0.778. The number of unbranched alkanes of at least 4 members (excludes halogenated alkanes) is 14. The SMILES string of the molecule is CCCCCCCCCCO[PH](CCCCCCCCCC)(OC)Oc1ccccc1. The first-order valence-corrected chi connectivity index (χ1v) is 15.1. The zero-order valence-corrected chi connectivity index (χ0v) is 21.8. The van der Waals surface area contributed by atoms with Crippen molar-refractivity contribution in [1.29, 1.82) is 0 Å². The van der Waals surface area contributed by atoms with Crippen LogP contribution in [0.5, 0.6) is 5.75 Å². The predicted octanol–water partition coefficient (Wildman–Crippen LogP) is 9.50. The monoisotopic (exact) mass is 454 g/mol. The van der Waals surface area contributed by atoms with Crippen molar-refractivity contribution in [2.24, 2.45) is 0 Å². The van der Waals surface area contributed by atoms with Gasteiger partial charge in [-0.05, 0) is 0 Å². The van der Waals surface area contributed by atoms with Crippen LogP contribution in [-0.4, -0.2) is 19.9 Å². The quantitative estimate of drug-likeness (QED) is 0.129. The molecule has 0 aliphatic rings. The van der Waals surface area contributed by atoms with Gasteiger partial charge in [-0.2, -0.15) is 0 Å². The minimum absolute atomic E-state index is 0.749. The second-order valence-electron chi connectivity index (χ2n) is 8.85. The molecule has 0 saturated heterocycles. The number of rotatable bonds is 22. The van der Waals surface area contributed by atoms with Crippen LogP contribution in [0.15, 0.2) is 30.3 Å². The molecule has 1 aromatic carbocycles. The molecular weight excluding hydrogens is 403 g/mol. The van der Waals surface area contributed by atoms with Crippen LogP contribution in [0.25, 0.3) is 0 Å². The maximum atomic E-state index is 6.38. The van der Waals surface area contributed by atoms with Crippen LogP contribution in [0, 0.1) is 0 Å². The molecule has 0 unspecified atom stereocenters. The third-order valence-electron chi connectivity index (χ3n) is 5.98. The summed E-state index contributed by atoms with van der Waals surface area (Å²) in [7, 11) is -0.906. The zero-order valence-electron chi connectivity index (χ0n) is 20.8. The first-order chi connectivity index (χ1) is 15.3. The van der Waals surface area contributed by atoms with E-state index in [1.165, 1.54) is 89.9 Å². The molecule has 0 N–H and O–H groups in total. The van der Waals surface area contributed by atoms with Gasteiger partial charge in [0.2, 0.25) is 0 Å². The summed E-state index contributed by atoms with van der Waals surface area (Å²) in [6.07, 6.45) is 21.8. The van der Waals surface area contributed by atoms with Crippen LogP contribution in [0.3, 0.4) is 0 Å². The van der Waals surface area contributed by atoms with Crippen molar-refractivity contribution in [1.82, 2.24) is 0 Å². The van der Waals surface area contributed by atoms with E-state index in [0.717, 1.165) is 31.4 Å². The Labute approximate surface area is 194 Å². The summed E-state index contributed by atoms with van der Waals surface area (Å²) < 4.78 is 18.7. The van der Waals surface area contributed by atoms with Gasteiger partial charge < -0.3 is 0 Å². The Hall–Kier alpha value is -0.630. The minimum atomic E-state index is -2.68. The molecule has 0 amide bonds. The molecule has 0 atom stereocenters. The van der Waals surface area contributed by atoms with E-state index in [0.29, 0.717) is 0 Å². The summed E-state index contributed by atoms with van der Waals surface area (Å²) in [4.78, 5) is 0. The van der Waals surface area contributed by atoms with Gasteiger partial charge in [0.1, 0.15) is 0 Å². The summed E-state index contributed by atoms with van der Waals surface area (Å²) in [5.74, 6) is 0.867. The molecule has 0 heterocycles. The Balaban J connectivity index is 2.37. The van der Waals surface area contributed by atoms with Gasteiger partial charge in [0.05, 0.1) is 0 Å². The fourth-order valence-electron chi connectivity index (χ4n) is 3.96. The molecule has 0 aromatic heterocycles. The summed E-state index contributed by atoms with van der Waals surface area (Å²) in [6.45, 7) is 5.29. The number of hydrogen-bond donors (Lipinski definition) is 0. The van der Waals surface area contributed by atoms with E-state index in [2.05, 4.69) is 13.8 Å². The van der Waals surface area contributed by atoms with Gasteiger partial charge in [0.15, 0.2) is 0 Å². The molecule has 0 saturated carbocycles. The van der Waals surface area contributed by atoms with E-state index < -0.39 is 7.94 Å². The van der Waals surface area contributed by atoms with Crippen molar-refractivity contribution in [3.8, 4) is 5.75 Å². The number of benzene rings is 1. The first kappa shape index (κ1) is 28.4. The molecular formula is C27H51O3P. The molecule has 0 bridgehead atoms. The van der Waals surface area contributed by atoms with Crippen LogP contribution in [0.2, 0.25) is 0 Å². The van der Waals surface area contributed by atoms with E-state index in [4.69, 9.17) is 13.6 Å². The molecule has 4 heteroatoms.